The molecule has 1 aromatic rings. The Kier molecular flexibility index (Phi) is 6.76. The summed E-state index contributed by atoms with van der Waals surface area (Å²) in [6.45, 7) is 5.28. The number of para-hydroxylation sites is 1. The second kappa shape index (κ2) is 8.11. The van der Waals surface area contributed by atoms with Gasteiger partial charge in [-0.05, 0) is 25.5 Å². The maximum Gasteiger partial charge on any atom is 0.123 e. The summed E-state index contributed by atoms with van der Waals surface area (Å²) in [7, 11) is 3.48. The number of ether oxygens (including phenoxy) is 2. The van der Waals surface area contributed by atoms with Gasteiger partial charge in [-0.3, -0.25) is 0 Å². The number of nitrogens with one attached hydrogen (secondary N) is 1. The Morgan fingerprint density at radius 3 is 2.44 bits per heavy atom. The van der Waals surface area contributed by atoms with E-state index < -0.39 is 0 Å². The van der Waals surface area contributed by atoms with Crippen molar-refractivity contribution in [3.05, 3.63) is 29.8 Å². The molecule has 102 valence electrons. The highest BCUT2D eigenvalue weighted by atomic mass is 16.5. The van der Waals surface area contributed by atoms with Crippen LogP contribution in [-0.2, 0) is 4.74 Å². The summed E-state index contributed by atoms with van der Waals surface area (Å²) >= 11 is 0. The molecular formula is C15H25NO2. The van der Waals surface area contributed by atoms with Crippen molar-refractivity contribution < 1.29 is 9.47 Å². The van der Waals surface area contributed by atoms with Crippen LogP contribution in [0.3, 0.4) is 0 Å². The molecule has 1 rings (SSSR count). The van der Waals surface area contributed by atoms with E-state index in [1.165, 1.54) is 5.56 Å². The van der Waals surface area contributed by atoms with Gasteiger partial charge in [0, 0.05) is 12.7 Å². The average Bonchev–Trinajstić information content (AvgIpc) is 2.43. The van der Waals surface area contributed by atoms with E-state index in [1.807, 2.05) is 18.2 Å². The topological polar surface area (TPSA) is 30.5 Å². The van der Waals surface area contributed by atoms with Crippen molar-refractivity contribution in [1.29, 1.82) is 0 Å². The predicted octanol–water partition coefficient (Wildman–Crippen LogP) is 3.16. The van der Waals surface area contributed by atoms with E-state index in [4.69, 9.17) is 9.47 Å². The van der Waals surface area contributed by atoms with E-state index in [-0.39, 0.29) is 12.1 Å². The molecule has 0 fully saturated rings. The van der Waals surface area contributed by atoms with Crippen LogP contribution >= 0.6 is 0 Å². The minimum absolute atomic E-state index is 0.160. The van der Waals surface area contributed by atoms with E-state index in [1.54, 1.807) is 14.2 Å². The van der Waals surface area contributed by atoms with Gasteiger partial charge in [0.2, 0.25) is 0 Å². The van der Waals surface area contributed by atoms with Gasteiger partial charge < -0.3 is 14.8 Å². The molecule has 0 saturated heterocycles. The van der Waals surface area contributed by atoms with Crippen molar-refractivity contribution in [2.45, 2.75) is 38.8 Å². The first-order chi connectivity index (χ1) is 8.78. The summed E-state index contributed by atoms with van der Waals surface area (Å²) in [5.41, 5.74) is 1.17. The molecule has 3 nitrogen and oxygen atoms in total. The Morgan fingerprint density at radius 2 is 1.89 bits per heavy atom. The summed E-state index contributed by atoms with van der Waals surface area (Å²) in [6, 6.07) is 8.32. The molecule has 0 aromatic heterocycles. The third kappa shape index (κ3) is 3.72. The largest absolute Gasteiger partial charge is 0.496 e. The van der Waals surface area contributed by atoms with Gasteiger partial charge in [-0.1, -0.05) is 32.0 Å². The average molecular weight is 251 g/mol. The lowest BCUT2D eigenvalue weighted by Gasteiger charge is -2.27. The van der Waals surface area contributed by atoms with Crippen molar-refractivity contribution in [3.8, 4) is 5.75 Å². The molecule has 0 aliphatic heterocycles. The maximum absolute atomic E-state index is 5.59. The molecule has 0 heterocycles. The fourth-order valence-corrected chi connectivity index (χ4v) is 2.20. The molecule has 0 saturated carbocycles. The second-order valence-electron chi connectivity index (χ2n) is 4.36. The zero-order chi connectivity index (χ0) is 13.4. The summed E-state index contributed by atoms with van der Waals surface area (Å²) in [4.78, 5) is 0. The third-order valence-electron chi connectivity index (χ3n) is 3.17. The van der Waals surface area contributed by atoms with Gasteiger partial charge in [0.15, 0.2) is 0 Å². The van der Waals surface area contributed by atoms with E-state index in [0.29, 0.717) is 0 Å². The van der Waals surface area contributed by atoms with Gasteiger partial charge in [0.05, 0.1) is 19.3 Å². The third-order valence-corrected chi connectivity index (χ3v) is 3.17. The molecule has 2 unspecified atom stereocenters. The van der Waals surface area contributed by atoms with Crippen LogP contribution in [0.4, 0.5) is 0 Å². The Labute approximate surface area is 110 Å². The van der Waals surface area contributed by atoms with Gasteiger partial charge in [-0.25, -0.2) is 0 Å². The standard InChI is InChI=1S/C15H25NO2/c1-5-11-16-15(13(6-2)17-3)12-9-7-8-10-14(12)18-4/h7-10,13,15-16H,5-6,11H2,1-4H3. The lowest BCUT2D eigenvalue weighted by atomic mass is 9.98. The monoisotopic (exact) mass is 251 g/mol. The molecule has 3 heteroatoms. The first kappa shape index (κ1) is 15.0. The minimum Gasteiger partial charge on any atom is -0.496 e. The van der Waals surface area contributed by atoms with Crippen molar-refractivity contribution in [2.75, 3.05) is 20.8 Å². The first-order valence-corrected chi connectivity index (χ1v) is 6.67. The van der Waals surface area contributed by atoms with Crippen molar-refractivity contribution in [2.24, 2.45) is 0 Å². The Bertz CT molecular complexity index is 337. The van der Waals surface area contributed by atoms with Crippen molar-refractivity contribution in [3.63, 3.8) is 0 Å². The van der Waals surface area contributed by atoms with Gasteiger partial charge >= 0.3 is 0 Å². The summed E-state index contributed by atoms with van der Waals surface area (Å²) < 4.78 is 11.0. The molecule has 0 bridgehead atoms. The van der Waals surface area contributed by atoms with Gasteiger partial charge in [0.25, 0.3) is 0 Å². The van der Waals surface area contributed by atoms with E-state index in [0.717, 1.165) is 25.1 Å². The molecule has 0 amide bonds. The summed E-state index contributed by atoms with van der Waals surface area (Å²) in [5.74, 6) is 0.918. The van der Waals surface area contributed by atoms with E-state index in [2.05, 4.69) is 25.2 Å². The van der Waals surface area contributed by atoms with Crippen LogP contribution in [0.25, 0.3) is 0 Å². The minimum atomic E-state index is 0.160. The maximum atomic E-state index is 5.59. The molecule has 0 aliphatic rings. The summed E-state index contributed by atoms with van der Waals surface area (Å²) in [6.07, 6.45) is 2.23. The van der Waals surface area contributed by atoms with Crippen LogP contribution < -0.4 is 10.1 Å². The number of methoxy groups -OCH3 is 2. The van der Waals surface area contributed by atoms with Gasteiger partial charge in [-0.2, -0.15) is 0 Å². The van der Waals surface area contributed by atoms with Crippen LogP contribution in [0.5, 0.6) is 5.75 Å². The lowest BCUT2D eigenvalue weighted by Crippen LogP contribution is -2.33. The van der Waals surface area contributed by atoms with Gasteiger partial charge in [0.1, 0.15) is 5.75 Å². The number of hydrogen-bond acceptors (Lipinski definition) is 3. The zero-order valence-electron chi connectivity index (χ0n) is 11.9. The molecule has 1 aromatic carbocycles. The van der Waals surface area contributed by atoms with Crippen LogP contribution in [0.2, 0.25) is 0 Å². The summed E-state index contributed by atoms with van der Waals surface area (Å²) in [5, 5.41) is 3.56. The van der Waals surface area contributed by atoms with E-state index in [9.17, 15) is 0 Å². The van der Waals surface area contributed by atoms with Crippen LogP contribution in [-0.4, -0.2) is 26.9 Å². The van der Waals surface area contributed by atoms with Crippen LogP contribution in [0.15, 0.2) is 24.3 Å². The van der Waals surface area contributed by atoms with Gasteiger partial charge in [-0.15, -0.1) is 0 Å². The quantitative estimate of drug-likeness (QED) is 0.770. The van der Waals surface area contributed by atoms with Crippen LogP contribution in [0, 0.1) is 0 Å². The molecule has 18 heavy (non-hydrogen) atoms. The molecule has 1 N–H and O–H groups in total. The molecule has 0 radical (unpaired) electrons. The number of benzene rings is 1. The highest BCUT2D eigenvalue weighted by molar-refractivity contribution is 5.36. The Hall–Kier alpha value is -1.06. The Balaban J connectivity index is 2.99. The van der Waals surface area contributed by atoms with Crippen molar-refractivity contribution in [1.82, 2.24) is 5.32 Å². The fourth-order valence-electron chi connectivity index (χ4n) is 2.20. The molecular weight excluding hydrogens is 226 g/mol. The SMILES string of the molecule is CCCNC(c1ccccc1OC)C(CC)OC. The van der Waals surface area contributed by atoms with Crippen molar-refractivity contribution >= 4 is 0 Å². The predicted molar refractivity (Wildman–Crippen MR) is 75.1 cm³/mol. The lowest BCUT2D eigenvalue weighted by molar-refractivity contribution is 0.0642. The van der Waals surface area contributed by atoms with E-state index >= 15 is 0 Å². The molecule has 0 aliphatic carbocycles. The first-order valence-electron chi connectivity index (χ1n) is 6.67. The second-order valence-corrected chi connectivity index (χ2v) is 4.36. The Morgan fingerprint density at radius 1 is 1.17 bits per heavy atom. The molecule has 2 atom stereocenters. The highest BCUT2D eigenvalue weighted by Crippen LogP contribution is 2.29. The highest BCUT2D eigenvalue weighted by Gasteiger charge is 2.23. The molecule has 0 spiro atoms. The smallest absolute Gasteiger partial charge is 0.123 e. The zero-order valence-corrected chi connectivity index (χ0v) is 11.9. The fraction of sp³-hybridized carbons (Fsp3) is 0.600. The number of hydrogen-bond donors (Lipinski definition) is 1. The normalized spacial score (nSPS) is 14.2. The number of rotatable bonds is 8. The van der Waals surface area contributed by atoms with Crippen LogP contribution in [0.1, 0.15) is 38.3 Å².